The van der Waals surface area contributed by atoms with Crippen LogP contribution in [0.25, 0.3) is 0 Å². The number of hydrogen-bond donors (Lipinski definition) is 0. The van der Waals surface area contributed by atoms with Gasteiger partial charge in [-0.2, -0.15) is 5.10 Å². The molecule has 0 bridgehead atoms. The quantitative estimate of drug-likeness (QED) is 0.370. The van der Waals surface area contributed by atoms with E-state index in [-0.39, 0.29) is 24.6 Å². The van der Waals surface area contributed by atoms with Crippen molar-refractivity contribution < 1.29 is 23.5 Å². The Kier molecular flexibility index (Phi) is 9.28. The molecule has 2 aliphatic heterocycles. The van der Waals surface area contributed by atoms with Gasteiger partial charge in [-0.05, 0) is 35.9 Å². The van der Waals surface area contributed by atoms with Crippen molar-refractivity contribution in [1.82, 2.24) is 14.8 Å². The molecule has 0 spiro atoms. The molecule has 3 aromatic rings. The van der Waals surface area contributed by atoms with Crippen molar-refractivity contribution in [3.05, 3.63) is 100 Å². The second-order valence-electron chi connectivity index (χ2n) is 9.92. The lowest BCUT2D eigenvalue weighted by molar-refractivity contribution is -0.133. The van der Waals surface area contributed by atoms with E-state index in [1.54, 1.807) is 19.2 Å². The SMILES string of the molecule is COc1ccc(C2CC(c3ccccc3Cl)=NN2C(=O)CN(CCN2CCOCC2)C(=O)c2ccccc2F)cc1. The summed E-state index contributed by atoms with van der Waals surface area (Å²) in [4.78, 5) is 31.1. The second-order valence-corrected chi connectivity index (χ2v) is 10.3. The van der Waals surface area contributed by atoms with Gasteiger partial charge in [-0.3, -0.25) is 14.5 Å². The molecule has 0 saturated carbocycles. The van der Waals surface area contributed by atoms with Gasteiger partial charge in [0.2, 0.25) is 0 Å². The topological polar surface area (TPSA) is 74.7 Å². The van der Waals surface area contributed by atoms with Gasteiger partial charge in [0.1, 0.15) is 18.1 Å². The van der Waals surface area contributed by atoms with Gasteiger partial charge >= 0.3 is 0 Å². The van der Waals surface area contributed by atoms with Crippen molar-refractivity contribution in [1.29, 1.82) is 0 Å². The number of nitrogens with zero attached hydrogens (tertiary/aromatic N) is 4. The van der Waals surface area contributed by atoms with Crippen LogP contribution >= 0.6 is 11.6 Å². The fourth-order valence-electron chi connectivity index (χ4n) is 5.06. The third-order valence-corrected chi connectivity index (χ3v) is 7.69. The predicted molar refractivity (Wildman–Crippen MR) is 155 cm³/mol. The van der Waals surface area contributed by atoms with Crippen molar-refractivity contribution in [2.24, 2.45) is 5.10 Å². The molecule has 0 N–H and O–H groups in total. The molecule has 2 amide bonds. The van der Waals surface area contributed by atoms with Crippen LogP contribution in [0.3, 0.4) is 0 Å². The van der Waals surface area contributed by atoms with Crippen LogP contribution in [0, 0.1) is 5.82 Å². The number of carbonyl (C=O) groups is 2. The number of morpholine rings is 1. The van der Waals surface area contributed by atoms with Crippen LogP contribution in [-0.4, -0.2) is 85.4 Å². The van der Waals surface area contributed by atoms with E-state index in [4.69, 9.17) is 26.2 Å². The van der Waals surface area contributed by atoms with Gasteiger partial charge in [-0.25, -0.2) is 9.40 Å². The Morgan fingerprint density at radius 3 is 2.46 bits per heavy atom. The zero-order valence-corrected chi connectivity index (χ0v) is 23.6. The lowest BCUT2D eigenvalue weighted by Gasteiger charge is -2.31. The molecule has 2 heterocycles. The molecule has 1 unspecified atom stereocenters. The van der Waals surface area contributed by atoms with Crippen LogP contribution in [0.4, 0.5) is 4.39 Å². The zero-order chi connectivity index (χ0) is 28.8. The number of halogens is 2. The summed E-state index contributed by atoms with van der Waals surface area (Å²) in [5, 5.41) is 6.68. The van der Waals surface area contributed by atoms with Gasteiger partial charge in [-0.15, -0.1) is 0 Å². The Bertz CT molecular complexity index is 1410. The van der Waals surface area contributed by atoms with E-state index < -0.39 is 17.8 Å². The van der Waals surface area contributed by atoms with Crippen LogP contribution in [0.15, 0.2) is 77.9 Å². The lowest BCUT2D eigenvalue weighted by Crippen LogP contribution is -2.46. The number of amides is 2. The Balaban J connectivity index is 1.43. The molecule has 1 atom stereocenters. The van der Waals surface area contributed by atoms with Crippen molar-refractivity contribution in [2.75, 3.05) is 53.0 Å². The smallest absolute Gasteiger partial charge is 0.262 e. The minimum Gasteiger partial charge on any atom is -0.497 e. The third kappa shape index (κ3) is 6.75. The highest BCUT2D eigenvalue weighted by atomic mass is 35.5. The minimum atomic E-state index is -0.627. The number of hydrogen-bond acceptors (Lipinski definition) is 6. The fraction of sp³-hybridized carbons (Fsp3) is 0.323. The van der Waals surface area contributed by atoms with Crippen molar-refractivity contribution in [3.8, 4) is 5.75 Å². The van der Waals surface area contributed by atoms with E-state index in [9.17, 15) is 14.0 Å². The molecule has 41 heavy (non-hydrogen) atoms. The van der Waals surface area contributed by atoms with Crippen LogP contribution < -0.4 is 4.74 Å². The van der Waals surface area contributed by atoms with Gasteiger partial charge in [0.05, 0.1) is 37.6 Å². The molecular formula is C31H32ClFN4O4. The Hall–Kier alpha value is -3.79. The van der Waals surface area contributed by atoms with E-state index in [2.05, 4.69) is 4.90 Å². The standard InChI is InChI=1S/C31H32ClFN4O4/c1-40-23-12-10-22(11-13-23)29-20-28(24-6-2-4-8-26(24)32)34-37(29)30(38)21-36(15-14-35-16-18-41-19-17-35)31(39)25-7-3-5-9-27(25)33/h2-13,29H,14-21H2,1H3. The van der Waals surface area contributed by atoms with Crippen molar-refractivity contribution in [2.45, 2.75) is 12.5 Å². The third-order valence-electron chi connectivity index (χ3n) is 7.36. The molecule has 3 aromatic carbocycles. The molecule has 5 rings (SSSR count). The molecule has 214 valence electrons. The van der Waals surface area contributed by atoms with Crippen LogP contribution in [-0.2, 0) is 9.53 Å². The summed E-state index contributed by atoms with van der Waals surface area (Å²) in [6.45, 7) is 3.20. The maximum atomic E-state index is 14.6. The molecule has 2 aliphatic rings. The molecule has 0 aromatic heterocycles. The van der Waals surface area contributed by atoms with Gasteiger partial charge in [-0.1, -0.05) is 54.1 Å². The normalized spacial score (nSPS) is 17.3. The molecule has 1 saturated heterocycles. The zero-order valence-electron chi connectivity index (χ0n) is 22.8. The first-order valence-corrected chi connectivity index (χ1v) is 13.9. The largest absolute Gasteiger partial charge is 0.497 e. The maximum absolute atomic E-state index is 14.6. The van der Waals surface area contributed by atoms with Crippen LogP contribution in [0.1, 0.15) is 33.9 Å². The summed E-state index contributed by atoms with van der Waals surface area (Å²) in [6.07, 6.45) is 0.441. The summed E-state index contributed by atoms with van der Waals surface area (Å²) in [5.41, 5.74) is 2.21. The number of hydrazone groups is 1. The monoisotopic (exact) mass is 578 g/mol. The highest BCUT2D eigenvalue weighted by Crippen LogP contribution is 2.35. The Morgan fingerprint density at radius 1 is 1.05 bits per heavy atom. The number of methoxy groups -OCH3 is 1. The Morgan fingerprint density at radius 2 is 1.76 bits per heavy atom. The Labute approximate surface area is 243 Å². The van der Waals surface area contributed by atoms with E-state index in [0.717, 1.165) is 24.2 Å². The fourth-order valence-corrected chi connectivity index (χ4v) is 5.31. The molecule has 1 fully saturated rings. The molecular weight excluding hydrogens is 547 g/mol. The maximum Gasteiger partial charge on any atom is 0.262 e. The first-order valence-electron chi connectivity index (χ1n) is 13.6. The first kappa shape index (κ1) is 28.7. The van der Waals surface area contributed by atoms with Gasteiger partial charge < -0.3 is 14.4 Å². The predicted octanol–water partition coefficient (Wildman–Crippen LogP) is 4.64. The number of carbonyl (C=O) groups excluding carboxylic acids is 2. The summed E-state index contributed by atoms with van der Waals surface area (Å²) in [6, 6.07) is 20.2. The highest BCUT2D eigenvalue weighted by Gasteiger charge is 2.35. The lowest BCUT2D eigenvalue weighted by atomic mass is 9.98. The summed E-state index contributed by atoms with van der Waals surface area (Å²) in [5.74, 6) is -0.848. The molecule has 8 nitrogen and oxygen atoms in total. The van der Waals surface area contributed by atoms with E-state index in [1.165, 1.54) is 28.1 Å². The molecule has 0 radical (unpaired) electrons. The highest BCUT2D eigenvalue weighted by molar-refractivity contribution is 6.34. The van der Waals surface area contributed by atoms with Gasteiger partial charge in [0, 0.05) is 43.2 Å². The average Bonchev–Trinajstić information content (AvgIpc) is 3.45. The van der Waals surface area contributed by atoms with Gasteiger partial charge in [0.15, 0.2) is 0 Å². The van der Waals surface area contributed by atoms with Crippen LogP contribution in [0.5, 0.6) is 5.75 Å². The number of ether oxygens (including phenoxy) is 2. The first-order chi connectivity index (χ1) is 19.9. The minimum absolute atomic E-state index is 0.0735. The summed E-state index contributed by atoms with van der Waals surface area (Å²) in [7, 11) is 1.59. The molecule has 0 aliphatic carbocycles. The molecule has 10 heteroatoms. The summed E-state index contributed by atoms with van der Waals surface area (Å²) < 4.78 is 25.4. The van der Waals surface area contributed by atoms with E-state index >= 15 is 0 Å². The van der Waals surface area contributed by atoms with Crippen molar-refractivity contribution >= 4 is 29.1 Å². The number of benzene rings is 3. The second kappa shape index (κ2) is 13.2. The van der Waals surface area contributed by atoms with Crippen LogP contribution in [0.2, 0.25) is 5.02 Å². The van der Waals surface area contributed by atoms with E-state index in [1.807, 2.05) is 42.5 Å². The van der Waals surface area contributed by atoms with Gasteiger partial charge in [0.25, 0.3) is 11.8 Å². The average molecular weight is 579 g/mol. The number of rotatable bonds is 9. The van der Waals surface area contributed by atoms with Crippen molar-refractivity contribution in [3.63, 3.8) is 0 Å². The summed E-state index contributed by atoms with van der Waals surface area (Å²) >= 11 is 6.49. The van der Waals surface area contributed by atoms with E-state index in [0.29, 0.717) is 42.7 Å².